The van der Waals surface area contributed by atoms with Crippen LogP contribution in [0.4, 0.5) is 0 Å². The van der Waals surface area contributed by atoms with Gasteiger partial charge in [0.2, 0.25) is 0 Å². The quantitative estimate of drug-likeness (QED) is 0.866. The van der Waals surface area contributed by atoms with Gasteiger partial charge in [-0.1, -0.05) is 12.8 Å². The first kappa shape index (κ1) is 18.3. The summed E-state index contributed by atoms with van der Waals surface area (Å²) in [5, 5.41) is 10.3. The summed E-state index contributed by atoms with van der Waals surface area (Å²) in [5.74, 6) is -0.397. The van der Waals surface area contributed by atoms with Crippen molar-refractivity contribution in [2.45, 2.75) is 57.5 Å². The molecule has 2 heterocycles. The Hall–Kier alpha value is -1.47. The van der Waals surface area contributed by atoms with Crippen LogP contribution in [0.15, 0.2) is 0 Å². The number of likely N-dealkylation sites (tertiary alicyclic amines) is 1. The number of amides is 1. The predicted octanol–water partition coefficient (Wildman–Crippen LogP) is 3.06. The van der Waals surface area contributed by atoms with E-state index < -0.39 is 12.1 Å². The van der Waals surface area contributed by atoms with Gasteiger partial charge in [0.15, 0.2) is 6.10 Å². The van der Waals surface area contributed by atoms with E-state index in [1.807, 2.05) is 11.8 Å². The molecule has 7 heteroatoms. The van der Waals surface area contributed by atoms with E-state index in [1.54, 1.807) is 11.3 Å². The molecule has 1 unspecified atom stereocenters. The number of aromatic nitrogens is 1. The number of thiazole rings is 1. The van der Waals surface area contributed by atoms with Gasteiger partial charge in [0, 0.05) is 26.1 Å². The average Bonchev–Trinajstić information content (AvgIpc) is 3.24. The second-order valence-electron chi connectivity index (χ2n) is 7.07. The van der Waals surface area contributed by atoms with Crippen LogP contribution in [0.3, 0.4) is 0 Å². The van der Waals surface area contributed by atoms with Crippen LogP contribution in [0, 0.1) is 12.8 Å². The minimum atomic E-state index is -0.924. The molecule has 0 radical (unpaired) electrons. The van der Waals surface area contributed by atoms with Crippen molar-refractivity contribution in [2.24, 2.45) is 5.92 Å². The van der Waals surface area contributed by atoms with E-state index in [-0.39, 0.29) is 11.8 Å². The molecule has 1 atom stereocenters. The lowest BCUT2D eigenvalue weighted by Crippen LogP contribution is -2.43. The first-order chi connectivity index (χ1) is 12.0. The van der Waals surface area contributed by atoms with Crippen molar-refractivity contribution in [3.8, 4) is 0 Å². The fraction of sp³-hybridized carbons (Fsp3) is 0.722. The Morgan fingerprint density at radius 3 is 2.44 bits per heavy atom. The third kappa shape index (κ3) is 3.87. The van der Waals surface area contributed by atoms with E-state index in [0.717, 1.165) is 15.6 Å². The van der Waals surface area contributed by atoms with Gasteiger partial charge in [0.1, 0.15) is 4.88 Å². The molecule has 1 saturated heterocycles. The molecule has 1 N–H and O–H groups in total. The highest BCUT2D eigenvalue weighted by molar-refractivity contribution is 7.13. The molecule has 3 rings (SSSR count). The lowest BCUT2D eigenvalue weighted by atomic mass is 9.91. The van der Waals surface area contributed by atoms with Crippen LogP contribution >= 0.6 is 11.3 Å². The topological polar surface area (TPSA) is 79.7 Å². The van der Waals surface area contributed by atoms with E-state index >= 15 is 0 Å². The van der Waals surface area contributed by atoms with Crippen LogP contribution in [0.5, 0.6) is 0 Å². The number of methoxy groups -OCH3 is 1. The molecule has 0 bridgehead atoms. The Morgan fingerprint density at radius 1 is 1.24 bits per heavy atom. The van der Waals surface area contributed by atoms with Gasteiger partial charge in [-0.15, -0.1) is 11.3 Å². The lowest BCUT2D eigenvalue weighted by molar-refractivity contribution is -0.153. The zero-order valence-electron chi connectivity index (χ0n) is 14.9. The fourth-order valence-electron chi connectivity index (χ4n) is 4.01. The van der Waals surface area contributed by atoms with Crippen LogP contribution in [-0.2, 0) is 9.53 Å². The van der Waals surface area contributed by atoms with E-state index in [0.29, 0.717) is 31.8 Å². The number of aryl methyl sites for hydroxylation is 1. The third-order valence-corrected chi connectivity index (χ3v) is 6.77. The maximum Gasteiger partial charge on any atom is 0.333 e. The third-order valence-electron chi connectivity index (χ3n) is 5.46. The van der Waals surface area contributed by atoms with Crippen LogP contribution in [0.2, 0.25) is 0 Å². The number of carboxylic acid groups (broad SMARTS) is 1. The number of aliphatic carboxylic acids is 1. The van der Waals surface area contributed by atoms with Gasteiger partial charge in [0.25, 0.3) is 5.91 Å². The summed E-state index contributed by atoms with van der Waals surface area (Å²) in [4.78, 5) is 31.4. The Labute approximate surface area is 152 Å². The first-order valence-electron chi connectivity index (χ1n) is 9.03. The molecule has 0 aromatic carbocycles. The molecule has 2 aliphatic rings. The lowest BCUT2D eigenvalue weighted by Gasteiger charge is -2.33. The normalized spacial score (nSPS) is 20.8. The standard InChI is InChI=1S/C18H26N2O4S/c1-11-15(25-16(19-11)13-5-3-4-6-13)17(21)20-9-7-12(8-10-20)14(24-2)18(22)23/h12-14H,3-10H2,1-2H3,(H,22,23). The number of carbonyl (C=O) groups excluding carboxylic acids is 1. The first-order valence-corrected chi connectivity index (χ1v) is 9.85. The van der Waals surface area contributed by atoms with Crippen molar-refractivity contribution in [1.29, 1.82) is 0 Å². The smallest absolute Gasteiger partial charge is 0.333 e. The Balaban J connectivity index is 1.64. The molecule has 1 aliphatic carbocycles. The molecule has 2 fully saturated rings. The van der Waals surface area contributed by atoms with E-state index in [4.69, 9.17) is 4.74 Å². The summed E-state index contributed by atoms with van der Waals surface area (Å²) < 4.78 is 5.10. The zero-order chi connectivity index (χ0) is 18.0. The highest BCUT2D eigenvalue weighted by Crippen LogP contribution is 2.37. The fourth-order valence-corrected chi connectivity index (χ4v) is 5.21. The summed E-state index contributed by atoms with van der Waals surface area (Å²) in [7, 11) is 1.43. The van der Waals surface area contributed by atoms with Crippen molar-refractivity contribution in [3.63, 3.8) is 0 Å². The number of hydrogen-bond acceptors (Lipinski definition) is 5. The van der Waals surface area contributed by atoms with E-state index in [2.05, 4.69) is 4.98 Å². The van der Waals surface area contributed by atoms with Gasteiger partial charge >= 0.3 is 5.97 Å². The number of carboxylic acids is 1. The minimum Gasteiger partial charge on any atom is -0.479 e. The Kier molecular flexibility index (Phi) is 5.74. The summed E-state index contributed by atoms with van der Waals surface area (Å²) >= 11 is 1.55. The Bertz CT molecular complexity index is 631. The summed E-state index contributed by atoms with van der Waals surface area (Å²) in [6.45, 7) is 3.07. The molecular weight excluding hydrogens is 340 g/mol. The highest BCUT2D eigenvalue weighted by Gasteiger charge is 2.34. The van der Waals surface area contributed by atoms with Gasteiger partial charge in [-0.2, -0.15) is 0 Å². The van der Waals surface area contributed by atoms with Crippen LogP contribution < -0.4 is 0 Å². The molecule has 1 aromatic heterocycles. The van der Waals surface area contributed by atoms with Gasteiger partial charge in [-0.05, 0) is 38.5 Å². The summed E-state index contributed by atoms with van der Waals surface area (Å²) in [6, 6.07) is 0. The molecule has 1 amide bonds. The highest BCUT2D eigenvalue weighted by atomic mass is 32.1. The minimum absolute atomic E-state index is 0.0387. The van der Waals surface area contributed by atoms with Gasteiger partial charge < -0.3 is 14.7 Å². The monoisotopic (exact) mass is 366 g/mol. The number of rotatable bonds is 5. The van der Waals surface area contributed by atoms with E-state index in [1.165, 1.54) is 32.8 Å². The number of carbonyl (C=O) groups is 2. The maximum absolute atomic E-state index is 12.9. The number of piperidine rings is 1. The molecule has 1 saturated carbocycles. The van der Waals surface area contributed by atoms with Crippen molar-refractivity contribution in [3.05, 3.63) is 15.6 Å². The van der Waals surface area contributed by atoms with Gasteiger partial charge in [0.05, 0.1) is 10.7 Å². The summed E-state index contributed by atoms with van der Waals surface area (Å²) in [6.07, 6.45) is 5.40. The molecule has 138 valence electrons. The second-order valence-corrected chi connectivity index (χ2v) is 8.10. The summed E-state index contributed by atoms with van der Waals surface area (Å²) in [5.41, 5.74) is 0.833. The number of hydrogen-bond donors (Lipinski definition) is 1. The van der Waals surface area contributed by atoms with Crippen LogP contribution in [0.1, 0.15) is 64.8 Å². The molecule has 6 nitrogen and oxygen atoms in total. The predicted molar refractivity (Wildman–Crippen MR) is 95.1 cm³/mol. The number of ether oxygens (including phenoxy) is 1. The zero-order valence-corrected chi connectivity index (χ0v) is 15.7. The average molecular weight is 366 g/mol. The largest absolute Gasteiger partial charge is 0.479 e. The van der Waals surface area contributed by atoms with Crippen molar-refractivity contribution in [2.75, 3.05) is 20.2 Å². The Morgan fingerprint density at radius 2 is 1.88 bits per heavy atom. The van der Waals surface area contributed by atoms with Crippen molar-refractivity contribution in [1.82, 2.24) is 9.88 Å². The van der Waals surface area contributed by atoms with Crippen LogP contribution in [-0.4, -0.2) is 53.2 Å². The van der Waals surface area contributed by atoms with Crippen molar-refractivity contribution >= 4 is 23.2 Å². The molecule has 0 spiro atoms. The number of nitrogens with zero attached hydrogens (tertiary/aromatic N) is 2. The van der Waals surface area contributed by atoms with E-state index in [9.17, 15) is 14.7 Å². The SMILES string of the molecule is COC(C(=O)O)C1CCN(C(=O)c2sc(C3CCCC3)nc2C)CC1. The van der Waals surface area contributed by atoms with Gasteiger partial charge in [-0.25, -0.2) is 9.78 Å². The molecular formula is C18H26N2O4S. The second kappa shape index (κ2) is 7.83. The maximum atomic E-state index is 12.9. The molecule has 25 heavy (non-hydrogen) atoms. The molecule has 1 aliphatic heterocycles. The van der Waals surface area contributed by atoms with Crippen molar-refractivity contribution < 1.29 is 19.4 Å². The van der Waals surface area contributed by atoms with Crippen LogP contribution in [0.25, 0.3) is 0 Å². The molecule has 1 aromatic rings. The van der Waals surface area contributed by atoms with Gasteiger partial charge in [-0.3, -0.25) is 4.79 Å².